The molecule has 2 aromatic rings. The number of primary sulfonamides is 1. The third kappa shape index (κ3) is 3.49. The van der Waals surface area contributed by atoms with Crippen LogP contribution in [0.2, 0.25) is 0 Å². The second kappa shape index (κ2) is 6.22. The van der Waals surface area contributed by atoms with Crippen LogP contribution in [0.3, 0.4) is 0 Å². The Balaban J connectivity index is 2.57. The van der Waals surface area contributed by atoms with Gasteiger partial charge in [0.25, 0.3) is 15.2 Å². The van der Waals surface area contributed by atoms with Gasteiger partial charge in [-0.2, -0.15) is 0 Å². The van der Waals surface area contributed by atoms with Gasteiger partial charge in [0, 0.05) is 17.1 Å². The summed E-state index contributed by atoms with van der Waals surface area (Å²) in [6, 6.07) is 5.60. The summed E-state index contributed by atoms with van der Waals surface area (Å²) in [5, 5.41) is 12.6. The molecule has 0 fully saturated rings. The lowest BCUT2D eigenvalue weighted by Crippen LogP contribution is -2.20. The van der Waals surface area contributed by atoms with Crippen molar-refractivity contribution in [2.45, 2.75) is 18.6 Å². The molecule has 0 aliphatic carbocycles. The average Bonchev–Trinajstić information content (AvgIpc) is 2.83. The van der Waals surface area contributed by atoms with E-state index >= 15 is 0 Å². The van der Waals surface area contributed by atoms with E-state index in [0.717, 1.165) is 15.6 Å². The van der Waals surface area contributed by atoms with Crippen molar-refractivity contribution in [2.75, 3.05) is 13.7 Å². The molecule has 9 heteroatoms. The van der Waals surface area contributed by atoms with Gasteiger partial charge in [0.1, 0.15) is 0 Å². The maximum atomic E-state index is 11.6. The first kappa shape index (κ1) is 16.1. The van der Waals surface area contributed by atoms with Crippen molar-refractivity contribution in [1.29, 1.82) is 0 Å². The number of aromatic nitrogens is 3. The number of hydrogen-bond donors (Lipinski definition) is 1. The van der Waals surface area contributed by atoms with E-state index in [1.165, 1.54) is 11.7 Å². The molecule has 2 rings (SSSR count). The lowest BCUT2D eigenvalue weighted by molar-refractivity contribution is 0.185. The minimum absolute atomic E-state index is 0.268. The highest BCUT2D eigenvalue weighted by Gasteiger charge is 2.22. The Labute approximate surface area is 131 Å². The average molecular weight is 375 g/mol. The molecule has 0 amide bonds. The number of aryl methyl sites for hydroxylation is 1. The zero-order valence-corrected chi connectivity index (χ0v) is 14.0. The van der Waals surface area contributed by atoms with Gasteiger partial charge in [-0.3, -0.25) is 4.57 Å². The molecule has 0 atom stereocenters. The number of sulfonamides is 1. The summed E-state index contributed by atoms with van der Waals surface area (Å²) in [5.41, 5.74) is 1.76. The standard InChI is InChI=1S/C12H15BrN4O3S/c1-8-7-9(3-4-10(8)13)11-15-16-12(21(14,18)19)17(11)5-6-20-2/h3-4,7H,5-6H2,1-2H3,(H2,14,18,19). The molecule has 1 aromatic carbocycles. The van der Waals surface area contributed by atoms with E-state index in [1.807, 2.05) is 25.1 Å². The van der Waals surface area contributed by atoms with Gasteiger partial charge in [-0.15, -0.1) is 10.2 Å². The minimum Gasteiger partial charge on any atom is -0.383 e. The Hall–Kier alpha value is -1.29. The number of methoxy groups -OCH3 is 1. The van der Waals surface area contributed by atoms with Crippen LogP contribution < -0.4 is 5.14 Å². The summed E-state index contributed by atoms with van der Waals surface area (Å²) >= 11 is 3.42. The fraction of sp³-hybridized carbons (Fsp3) is 0.333. The van der Waals surface area contributed by atoms with Crippen LogP contribution in [0, 0.1) is 6.92 Å². The van der Waals surface area contributed by atoms with Crippen LogP contribution >= 0.6 is 15.9 Å². The van der Waals surface area contributed by atoms with Gasteiger partial charge in [0.15, 0.2) is 5.82 Å². The maximum absolute atomic E-state index is 11.6. The number of benzene rings is 1. The van der Waals surface area contributed by atoms with Crippen LogP contribution in [0.25, 0.3) is 11.4 Å². The molecule has 0 saturated heterocycles. The fourth-order valence-electron chi connectivity index (χ4n) is 1.88. The number of rotatable bonds is 5. The first-order chi connectivity index (χ1) is 9.84. The maximum Gasteiger partial charge on any atom is 0.273 e. The van der Waals surface area contributed by atoms with E-state index in [-0.39, 0.29) is 5.16 Å². The van der Waals surface area contributed by atoms with E-state index < -0.39 is 10.0 Å². The first-order valence-corrected chi connectivity index (χ1v) is 8.40. The molecule has 0 aliphatic rings. The van der Waals surface area contributed by atoms with Gasteiger partial charge < -0.3 is 4.74 Å². The van der Waals surface area contributed by atoms with E-state index in [2.05, 4.69) is 26.1 Å². The van der Waals surface area contributed by atoms with Crippen molar-refractivity contribution in [1.82, 2.24) is 14.8 Å². The van der Waals surface area contributed by atoms with Crippen LogP contribution in [-0.4, -0.2) is 36.9 Å². The smallest absolute Gasteiger partial charge is 0.273 e. The number of halogens is 1. The molecule has 1 heterocycles. The summed E-state index contributed by atoms with van der Waals surface area (Å²) in [7, 11) is -2.41. The molecular formula is C12H15BrN4O3S. The molecule has 2 N–H and O–H groups in total. The summed E-state index contributed by atoms with van der Waals surface area (Å²) in [6.07, 6.45) is 0. The van der Waals surface area contributed by atoms with Crippen LogP contribution in [0.15, 0.2) is 27.8 Å². The molecule has 0 bridgehead atoms. The molecule has 0 spiro atoms. The zero-order valence-electron chi connectivity index (χ0n) is 11.6. The third-order valence-electron chi connectivity index (χ3n) is 2.91. The van der Waals surface area contributed by atoms with Crippen LogP contribution in [-0.2, 0) is 21.3 Å². The number of nitrogens with two attached hydrogens (primary N) is 1. The highest BCUT2D eigenvalue weighted by atomic mass is 79.9. The van der Waals surface area contributed by atoms with Crippen LogP contribution in [0.4, 0.5) is 0 Å². The SMILES string of the molecule is COCCn1c(-c2ccc(Br)c(C)c2)nnc1S(N)(=O)=O. The van der Waals surface area contributed by atoms with Crippen molar-refractivity contribution in [3.63, 3.8) is 0 Å². The zero-order chi connectivity index (χ0) is 15.6. The molecule has 114 valence electrons. The lowest BCUT2D eigenvalue weighted by Gasteiger charge is -2.09. The van der Waals surface area contributed by atoms with Gasteiger partial charge in [0.2, 0.25) is 0 Å². The summed E-state index contributed by atoms with van der Waals surface area (Å²) in [6.45, 7) is 2.55. The quantitative estimate of drug-likeness (QED) is 0.849. The highest BCUT2D eigenvalue weighted by Crippen LogP contribution is 2.25. The van der Waals surface area contributed by atoms with E-state index in [1.54, 1.807) is 0 Å². The predicted octanol–water partition coefficient (Wildman–Crippen LogP) is 1.31. The van der Waals surface area contributed by atoms with E-state index in [9.17, 15) is 8.42 Å². The number of nitrogens with zero attached hydrogens (tertiary/aromatic N) is 3. The largest absolute Gasteiger partial charge is 0.383 e. The predicted molar refractivity (Wildman–Crippen MR) is 81.1 cm³/mol. The number of ether oxygens (including phenoxy) is 1. The van der Waals surface area contributed by atoms with Crippen LogP contribution in [0.5, 0.6) is 0 Å². The lowest BCUT2D eigenvalue weighted by atomic mass is 10.1. The van der Waals surface area contributed by atoms with Gasteiger partial charge in [-0.1, -0.05) is 22.0 Å². The Morgan fingerprint density at radius 2 is 2.10 bits per heavy atom. The van der Waals surface area contributed by atoms with Crippen molar-refractivity contribution in [2.24, 2.45) is 5.14 Å². The summed E-state index contributed by atoms with van der Waals surface area (Å²) < 4.78 is 30.6. The van der Waals surface area contributed by atoms with Gasteiger partial charge >= 0.3 is 0 Å². The Bertz CT molecular complexity index is 758. The van der Waals surface area contributed by atoms with Crippen molar-refractivity contribution in [3.8, 4) is 11.4 Å². The fourth-order valence-corrected chi connectivity index (χ4v) is 2.77. The first-order valence-electron chi connectivity index (χ1n) is 6.06. The Morgan fingerprint density at radius 3 is 2.67 bits per heavy atom. The summed E-state index contributed by atoms with van der Waals surface area (Å²) in [4.78, 5) is 0. The second-order valence-electron chi connectivity index (χ2n) is 4.46. The topological polar surface area (TPSA) is 100 Å². The summed E-state index contributed by atoms with van der Waals surface area (Å²) in [5.74, 6) is 0.437. The van der Waals surface area contributed by atoms with Crippen LogP contribution in [0.1, 0.15) is 5.56 Å². The van der Waals surface area contributed by atoms with E-state index in [4.69, 9.17) is 9.88 Å². The van der Waals surface area contributed by atoms with E-state index in [0.29, 0.717) is 19.0 Å². The molecule has 0 unspecified atom stereocenters. The minimum atomic E-state index is -3.94. The molecule has 0 aliphatic heterocycles. The molecule has 0 saturated carbocycles. The molecular weight excluding hydrogens is 360 g/mol. The molecule has 0 radical (unpaired) electrons. The molecule has 21 heavy (non-hydrogen) atoms. The highest BCUT2D eigenvalue weighted by molar-refractivity contribution is 9.10. The van der Waals surface area contributed by atoms with Gasteiger partial charge in [-0.25, -0.2) is 13.6 Å². The normalized spacial score (nSPS) is 11.8. The van der Waals surface area contributed by atoms with Gasteiger partial charge in [0.05, 0.1) is 13.2 Å². The van der Waals surface area contributed by atoms with Gasteiger partial charge in [-0.05, 0) is 24.6 Å². The third-order valence-corrected chi connectivity index (χ3v) is 4.61. The monoisotopic (exact) mass is 374 g/mol. The number of hydrogen-bond acceptors (Lipinski definition) is 5. The van der Waals surface area contributed by atoms with Crippen molar-refractivity contribution >= 4 is 26.0 Å². The molecule has 7 nitrogen and oxygen atoms in total. The Kier molecular flexibility index (Phi) is 4.77. The molecule has 1 aromatic heterocycles. The Morgan fingerprint density at radius 1 is 1.38 bits per heavy atom. The van der Waals surface area contributed by atoms with Crippen molar-refractivity contribution < 1.29 is 13.2 Å². The van der Waals surface area contributed by atoms with Crippen molar-refractivity contribution in [3.05, 3.63) is 28.2 Å². The second-order valence-corrected chi connectivity index (χ2v) is 6.77.